The van der Waals surface area contributed by atoms with Crippen molar-refractivity contribution >= 4 is 6.03 Å². The number of nitrogens with zero attached hydrogens (tertiary/aromatic N) is 2. The molecule has 110 valence electrons. The summed E-state index contributed by atoms with van der Waals surface area (Å²) in [7, 11) is 0. The number of carbonyl (C=O) groups is 1. The zero-order valence-electron chi connectivity index (χ0n) is 11.6. The van der Waals surface area contributed by atoms with E-state index >= 15 is 0 Å². The Balaban J connectivity index is 1.77. The molecule has 0 radical (unpaired) electrons. The molecule has 5 nitrogen and oxygen atoms in total. The number of hydrogen-bond acceptors (Lipinski definition) is 3. The first-order chi connectivity index (χ1) is 9.70. The number of carbonyl (C=O) groups excluding carboxylic acids is 1. The number of likely N-dealkylation sites (tertiary alicyclic amines) is 1. The predicted octanol–water partition coefficient (Wildman–Crippen LogP) is 1.79. The highest BCUT2D eigenvalue weighted by Crippen LogP contribution is 2.16. The minimum absolute atomic E-state index is 0.109. The van der Waals surface area contributed by atoms with Gasteiger partial charge in [0, 0.05) is 31.8 Å². The van der Waals surface area contributed by atoms with Crippen LogP contribution >= 0.6 is 0 Å². The van der Waals surface area contributed by atoms with Crippen molar-refractivity contribution < 1.29 is 13.9 Å². The van der Waals surface area contributed by atoms with Crippen molar-refractivity contribution in [1.29, 1.82) is 0 Å². The molecule has 1 aromatic rings. The summed E-state index contributed by atoms with van der Waals surface area (Å²) in [5, 5.41) is 2.70. The first-order valence-electron chi connectivity index (χ1n) is 6.90. The number of halogens is 1. The molecule has 2 amide bonds. The highest BCUT2D eigenvalue weighted by Gasteiger charge is 2.26. The van der Waals surface area contributed by atoms with Crippen LogP contribution in [0, 0.1) is 11.7 Å². The molecule has 0 aromatic carbocycles. The number of ether oxygens (including phenoxy) is 1. The maximum absolute atomic E-state index is 13.4. The summed E-state index contributed by atoms with van der Waals surface area (Å²) < 4.78 is 18.7. The van der Waals surface area contributed by atoms with Crippen molar-refractivity contribution in [3.05, 3.63) is 29.8 Å². The van der Waals surface area contributed by atoms with Crippen LogP contribution in [0.1, 0.15) is 19.0 Å². The average Bonchev–Trinajstić information content (AvgIpc) is 2.93. The van der Waals surface area contributed by atoms with E-state index in [1.54, 1.807) is 4.90 Å². The molecule has 0 spiro atoms. The predicted molar refractivity (Wildman–Crippen MR) is 72.6 cm³/mol. The third-order valence-electron chi connectivity index (χ3n) is 3.37. The monoisotopic (exact) mass is 281 g/mol. The van der Waals surface area contributed by atoms with E-state index in [9.17, 15) is 9.18 Å². The van der Waals surface area contributed by atoms with E-state index in [2.05, 4.69) is 10.3 Å². The fourth-order valence-electron chi connectivity index (χ4n) is 2.26. The Morgan fingerprint density at radius 3 is 3.25 bits per heavy atom. The Morgan fingerprint density at radius 2 is 2.50 bits per heavy atom. The molecule has 0 saturated carbocycles. The van der Waals surface area contributed by atoms with Gasteiger partial charge in [0.2, 0.25) is 0 Å². The topological polar surface area (TPSA) is 54.5 Å². The van der Waals surface area contributed by atoms with Crippen molar-refractivity contribution in [3.63, 3.8) is 0 Å². The standard InChI is InChI=1S/C14H20FN3O2/c1-2-20-10-11-5-7-18(9-11)14(19)17-8-13-12(15)4-3-6-16-13/h3-4,6,11H,2,5,7-10H2,1H3,(H,17,19)/t11-/m0/s1. The van der Waals surface area contributed by atoms with Crippen molar-refractivity contribution in [2.24, 2.45) is 5.92 Å². The summed E-state index contributed by atoms with van der Waals surface area (Å²) in [4.78, 5) is 17.6. The van der Waals surface area contributed by atoms with Gasteiger partial charge in [0.15, 0.2) is 0 Å². The van der Waals surface area contributed by atoms with E-state index < -0.39 is 5.82 Å². The summed E-state index contributed by atoms with van der Waals surface area (Å²) in [5.74, 6) is -0.00395. The molecular formula is C14H20FN3O2. The molecule has 1 aliphatic rings. The second kappa shape index (κ2) is 7.19. The minimum Gasteiger partial charge on any atom is -0.381 e. The number of rotatable bonds is 5. The lowest BCUT2D eigenvalue weighted by Crippen LogP contribution is -2.38. The average molecular weight is 281 g/mol. The normalized spacial score (nSPS) is 18.3. The SMILES string of the molecule is CCOC[C@H]1CCN(C(=O)NCc2ncccc2F)C1. The fourth-order valence-corrected chi connectivity index (χ4v) is 2.26. The molecular weight excluding hydrogens is 261 g/mol. The van der Waals surface area contributed by atoms with Gasteiger partial charge in [-0.05, 0) is 25.5 Å². The van der Waals surface area contributed by atoms with Gasteiger partial charge in [-0.1, -0.05) is 0 Å². The molecule has 6 heteroatoms. The first-order valence-corrected chi connectivity index (χ1v) is 6.90. The van der Waals surface area contributed by atoms with Crippen LogP contribution < -0.4 is 5.32 Å². The zero-order chi connectivity index (χ0) is 14.4. The van der Waals surface area contributed by atoms with Gasteiger partial charge in [-0.2, -0.15) is 0 Å². The lowest BCUT2D eigenvalue weighted by Gasteiger charge is -2.17. The maximum Gasteiger partial charge on any atom is 0.317 e. The molecule has 20 heavy (non-hydrogen) atoms. The van der Waals surface area contributed by atoms with Crippen LogP contribution in [0.2, 0.25) is 0 Å². The van der Waals surface area contributed by atoms with Gasteiger partial charge in [-0.3, -0.25) is 4.98 Å². The molecule has 1 N–H and O–H groups in total. The summed E-state index contributed by atoms with van der Waals surface area (Å²) in [6, 6.07) is 2.69. The summed E-state index contributed by atoms with van der Waals surface area (Å²) >= 11 is 0. The van der Waals surface area contributed by atoms with Crippen LogP contribution in [0.3, 0.4) is 0 Å². The van der Waals surface area contributed by atoms with E-state index in [0.29, 0.717) is 32.2 Å². The van der Waals surface area contributed by atoms with Crippen LogP contribution in [0.5, 0.6) is 0 Å². The number of nitrogens with one attached hydrogen (secondary N) is 1. The van der Waals surface area contributed by atoms with E-state index in [0.717, 1.165) is 6.42 Å². The van der Waals surface area contributed by atoms with Crippen LogP contribution in [-0.2, 0) is 11.3 Å². The second-order valence-corrected chi connectivity index (χ2v) is 4.85. The Kier molecular flexibility index (Phi) is 5.29. The molecule has 0 unspecified atom stereocenters. The zero-order valence-corrected chi connectivity index (χ0v) is 11.6. The van der Waals surface area contributed by atoms with E-state index in [1.807, 2.05) is 6.92 Å². The highest BCUT2D eigenvalue weighted by atomic mass is 19.1. The highest BCUT2D eigenvalue weighted by molar-refractivity contribution is 5.74. The number of amides is 2. The van der Waals surface area contributed by atoms with Crippen molar-refractivity contribution in [2.75, 3.05) is 26.3 Å². The molecule has 0 bridgehead atoms. The number of aromatic nitrogens is 1. The van der Waals surface area contributed by atoms with Gasteiger partial charge < -0.3 is 15.0 Å². The Morgan fingerprint density at radius 1 is 1.65 bits per heavy atom. The second-order valence-electron chi connectivity index (χ2n) is 4.85. The molecule has 1 saturated heterocycles. The van der Waals surface area contributed by atoms with Crippen LogP contribution in [0.25, 0.3) is 0 Å². The van der Waals surface area contributed by atoms with Gasteiger partial charge in [0.25, 0.3) is 0 Å². The van der Waals surface area contributed by atoms with Crippen molar-refractivity contribution in [3.8, 4) is 0 Å². The van der Waals surface area contributed by atoms with Gasteiger partial charge in [0.05, 0.1) is 18.8 Å². The lowest BCUT2D eigenvalue weighted by atomic mass is 10.1. The van der Waals surface area contributed by atoms with Gasteiger partial charge in [-0.15, -0.1) is 0 Å². The molecule has 2 heterocycles. The number of urea groups is 1. The quantitative estimate of drug-likeness (QED) is 0.895. The van der Waals surface area contributed by atoms with Crippen LogP contribution in [-0.4, -0.2) is 42.2 Å². The van der Waals surface area contributed by atoms with Crippen molar-refractivity contribution in [2.45, 2.75) is 19.9 Å². The molecule has 1 fully saturated rings. The number of pyridine rings is 1. The summed E-state index contributed by atoms with van der Waals surface area (Å²) in [5.41, 5.74) is 0.255. The largest absolute Gasteiger partial charge is 0.381 e. The van der Waals surface area contributed by atoms with Crippen LogP contribution in [0.4, 0.5) is 9.18 Å². The van der Waals surface area contributed by atoms with E-state index in [-0.39, 0.29) is 18.3 Å². The van der Waals surface area contributed by atoms with Gasteiger partial charge in [-0.25, -0.2) is 9.18 Å². The Labute approximate surface area is 118 Å². The smallest absolute Gasteiger partial charge is 0.317 e. The molecule has 0 aliphatic carbocycles. The van der Waals surface area contributed by atoms with Gasteiger partial charge >= 0.3 is 6.03 Å². The Bertz CT molecular complexity index is 456. The van der Waals surface area contributed by atoms with Gasteiger partial charge in [0.1, 0.15) is 5.82 Å². The molecule has 2 rings (SSSR count). The van der Waals surface area contributed by atoms with Crippen molar-refractivity contribution in [1.82, 2.24) is 15.2 Å². The third-order valence-corrected chi connectivity index (χ3v) is 3.37. The maximum atomic E-state index is 13.4. The summed E-state index contributed by atoms with van der Waals surface area (Å²) in [6.45, 7) is 4.86. The fraction of sp³-hybridized carbons (Fsp3) is 0.571. The first kappa shape index (κ1) is 14.7. The molecule has 1 aromatic heterocycles. The lowest BCUT2D eigenvalue weighted by molar-refractivity contribution is 0.113. The Hall–Kier alpha value is -1.69. The summed E-state index contributed by atoms with van der Waals surface area (Å²) in [6.07, 6.45) is 2.46. The minimum atomic E-state index is -0.400. The van der Waals surface area contributed by atoms with E-state index in [4.69, 9.17) is 4.74 Å². The van der Waals surface area contributed by atoms with Crippen LogP contribution in [0.15, 0.2) is 18.3 Å². The molecule has 1 atom stereocenters. The molecule has 1 aliphatic heterocycles. The number of hydrogen-bond donors (Lipinski definition) is 1. The van der Waals surface area contributed by atoms with E-state index in [1.165, 1.54) is 18.3 Å². The third kappa shape index (κ3) is 3.90.